The average Bonchev–Trinajstić information content (AvgIpc) is 2.27. The molecule has 0 aliphatic heterocycles. The Morgan fingerprint density at radius 2 is 1.72 bits per heavy atom. The normalized spacial score (nSPS) is 13.3. The van der Waals surface area contributed by atoms with Crippen LogP contribution in [0, 0.1) is 5.92 Å². The van der Waals surface area contributed by atoms with Gasteiger partial charge in [-0.1, -0.05) is 13.8 Å². The van der Waals surface area contributed by atoms with Gasteiger partial charge in [0.15, 0.2) is 15.1 Å². The lowest BCUT2D eigenvalue weighted by Gasteiger charge is -2.17. The van der Waals surface area contributed by atoms with Gasteiger partial charge in [-0.2, -0.15) is 0 Å². The highest BCUT2D eigenvalue weighted by atomic mass is 32.2. The Morgan fingerprint density at radius 1 is 1.22 bits per heavy atom. The molecule has 1 aromatic carbocycles. The van der Waals surface area contributed by atoms with E-state index in [1.165, 1.54) is 31.4 Å². The highest BCUT2D eigenvalue weighted by Crippen LogP contribution is 2.23. The van der Waals surface area contributed by atoms with Crippen LogP contribution in [0.3, 0.4) is 0 Å². The first-order valence-corrected chi connectivity index (χ1v) is 6.96. The topological polar surface area (TPSA) is 80.7 Å². The van der Waals surface area contributed by atoms with Crippen molar-refractivity contribution in [2.24, 2.45) is 5.92 Å². The van der Waals surface area contributed by atoms with E-state index in [0.29, 0.717) is 5.75 Å². The van der Waals surface area contributed by atoms with Gasteiger partial charge in [0.05, 0.1) is 12.0 Å². The van der Waals surface area contributed by atoms with E-state index < -0.39 is 27.0 Å². The van der Waals surface area contributed by atoms with Crippen molar-refractivity contribution in [3.63, 3.8) is 0 Å². The molecule has 1 N–H and O–H groups in total. The Balaban J connectivity index is 3.22. The van der Waals surface area contributed by atoms with Crippen molar-refractivity contribution < 1.29 is 23.1 Å². The molecule has 100 valence electrons. The summed E-state index contributed by atoms with van der Waals surface area (Å²) >= 11 is 0. The van der Waals surface area contributed by atoms with Crippen LogP contribution in [0.25, 0.3) is 0 Å². The Morgan fingerprint density at radius 3 is 2.06 bits per heavy atom. The number of ether oxygens (including phenoxy) is 1. The van der Waals surface area contributed by atoms with E-state index in [1.807, 2.05) is 0 Å². The van der Waals surface area contributed by atoms with Gasteiger partial charge in [-0.15, -0.1) is 0 Å². The van der Waals surface area contributed by atoms with Crippen molar-refractivity contribution in [2.75, 3.05) is 7.11 Å². The summed E-state index contributed by atoms with van der Waals surface area (Å²) in [6, 6.07) is 5.69. The molecular formula is C12H16O5S. The molecule has 0 radical (unpaired) electrons. The molecular weight excluding hydrogens is 256 g/mol. The fourth-order valence-electron chi connectivity index (χ4n) is 1.69. The van der Waals surface area contributed by atoms with E-state index in [0.717, 1.165) is 0 Å². The van der Waals surface area contributed by atoms with Crippen molar-refractivity contribution in [3.05, 3.63) is 24.3 Å². The van der Waals surface area contributed by atoms with Gasteiger partial charge in [0.25, 0.3) is 0 Å². The monoisotopic (exact) mass is 272 g/mol. The van der Waals surface area contributed by atoms with E-state index >= 15 is 0 Å². The SMILES string of the molecule is COc1ccc(S(=O)(=O)C(C(=O)O)C(C)C)cc1. The standard InChI is InChI=1S/C12H16O5S/c1-8(2)11(12(13)14)18(15,16)10-6-4-9(17-3)5-7-10/h4-8,11H,1-3H3,(H,13,14). The van der Waals surface area contributed by atoms with Gasteiger partial charge in [0.1, 0.15) is 5.75 Å². The molecule has 1 aromatic rings. The van der Waals surface area contributed by atoms with Crippen LogP contribution in [-0.4, -0.2) is 31.9 Å². The molecule has 0 spiro atoms. The molecule has 6 heteroatoms. The van der Waals surface area contributed by atoms with Gasteiger partial charge >= 0.3 is 5.97 Å². The van der Waals surface area contributed by atoms with E-state index in [-0.39, 0.29) is 4.90 Å². The first-order valence-electron chi connectivity index (χ1n) is 5.41. The summed E-state index contributed by atoms with van der Waals surface area (Å²) in [5.74, 6) is -1.32. The smallest absolute Gasteiger partial charge is 0.322 e. The zero-order valence-electron chi connectivity index (χ0n) is 10.5. The fourth-order valence-corrected chi connectivity index (χ4v) is 3.48. The third kappa shape index (κ3) is 2.81. The lowest BCUT2D eigenvalue weighted by molar-refractivity contribution is -0.137. The summed E-state index contributed by atoms with van der Waals surface area (Å²) in [6.07, 6.45) is 0. The van der Waals surface area contributed by atoms with Gasteiger partial charge in [-0.3, -0.25) is 4.79 Å². The van der Waals surface area contributed by atoms with Gasteiger partial charge in [0.2, 0.25) is 0 Å². The molecule has 0 saturated heterocycles. The van der Waals surface area contributed by atoms with Crippen molar-refractivity contribution in [1.29, 1.82) is 0 Å². The predicted octanol–water partition coefficient (Wildman–Crippen LogP) is 1.58. The minimum Gasteiger partial charge on any atom is -0.497 e. The van der Waals surface area contributed by atoms with Gasteiger partial charge in [-0.25, -0.2) is 8.42 Å². The van der Waals surface area contributed by atoms with Crippen LogP contribution in [0.5, 0.6) is 5.75 Å². The number of hydrogen-bond donors (Lipinski definition) is 1. The molecule has 0 aromatic heterocycles. The minimum absolute atomic E-state index is 0.00981. The van der Waals surface area contributed by atoms with E-state index in [2.05, 4.69) is 0 Å². The predicted molar refractivity (Wildman–Crippen MR) is 66.4 cm³/mol. The highest BCUT2D eigenvalue weighted by molar-refractivity contribution is 7.92. The minimum atomic E-state index is -3.88. The molecule has 0 heterocycles. The first-order chi connectivity index (χ1) is 8.30. The van der Waals surface area contributed by atoms with Crippen LogP contribution in [0.15, 0.2) is 29.2 Å². The third-order valence-corrected chi connectivity index (χ3v) is 4.91. The third-order valence-electron chi connectivity index (χ3n) is 2.57. The Bertz CT molecular complexity index is 516. The molecule has 0 bridgehead atoms. The summed E-state index contributed by atoms with van der Waals surface area (Å²) in [7, 11) is -2.41. The molecule has 0 saturated carbocycles. The lowest BCUT2D eigenvalue weighted by Crippen LogP contribution is -2.34. The zero-order chi connectivity index (χ0) is 13.9. The Labute approximate surface area is 106 Å². The van der Waals surface area contributed by atoms with Crippen molar-refractivity contribution in [1.82, 2.24) is 0 Å². The number of carboxylic acids is 1. The molecule has 18 heavy (non-hydrogen) atoms. The summed E-state index contributed by atoms with van der Waals surface area (Å²) in [5.41, 5.74) is 0. The van der Waals surface area contributed by atoms with Gasteiger partial charge in [-0.05, 0) is 30.2 Å². The van der Waals surface area contributed by atoms with Crippen molar-refractivity contribution in [2.45, 2.75) is 24.0 Å². The molecule has 0 aliphatic rings. The van der Waals surface area contributed by atoms with Crippen LogP contribution < -0.4 is 4.74 Å². The quantitative estimate of drug-likeness (QED) is 0.880. The van der Waals surface area contributed by atoms with Gasteiger partial charge < -0.3 is 9.84 Å². The fraction of sp³-hybridized carbons (Fsp3) is 0.417. The molecule has 1 rings (SSSR count). The molecule has 1 unspecified atom stereocenters. The van der Waals surface area contributed by atoms with E-state index in [1.54, 1.807) is 13.8 Å². The average molecular weight is 272 g/mol. The number of carbonyl (C=O) groups is 1. The van der Waals surface area contributed by atoms with Crippen molar-refractivity contribution in [3.8, 4) is 5.75 Å². The second-order valence-electron chi connectivity index (χ2n) is 4.22. The maximum atomic E-state index is 12.2. The number of hydrogen-bond acceptors (Lipinski definition) is 4. The van der Waals surface area contributed by atoms with Crippen LogP contribution in [-0.2, 0) is 14.6 Å². The number of aliphatic carboxylic acids is 1. The molecule has 5 nitrogen and oxygen atoms in total. The summed E-state index contributed by atoms with van der Waals surface area (Å²) in [5, 5.41) is 7.60. The highest BCUT2D eigenvalue weighted by Gasteiger charge is 2.36. The summed E-state index contributed by atoms with van der Waals surface area (Å²) in [6.45, 7) is 3.14. The van der Waals surface area contributed by atoms with Crippen LogP contribution >= 0.6 is 0 Å². The second kappa shape index (κ2) is 5.39. The largest absolute Gasteiger partial charge is 0.497 e. The number of sulfone groups is 1. The maximum Gasteiger partial charge on any atom is 0.322 e. The zero-order valence-corrected chi connectivity index (χ0v) is 11.3. The molecule has 0 fully saturated rings. The van der Waals surface area contributed by atoms with Crippen molar-refractivity contribution >= 4 is 15.8 Å². The Hall–Kier alpha value is -1.56. The number of rotatable bonds is 5. The van der Waals surface area contributed by atoms with Crippen LogP contribution in [0.1, 0.15) is 13.8 Å². The lowest BCUT2D eigenvalue weighted by atomic mass is 10.1. The Kier molecular flexibility index (Phi) is 4.34. The van der Waals surface area contributed by atoms with Crippen LogP contribution in [0.2, 0.25) is 0 Å². The number of benzene rings is 1. The maximum absolute atomic E-state index is 12.2. The molecule has 1 atom stereocenters. The van der Waals surface area contributed by atoms with Gasteiger partial charge in [0, 0.05) is 0 Å². The molecule has 0 amide bonds. The summed E-state index contributed by atoms with van der Waals surface area (Å²) < 4.78 is 29.3. The van der Waals surface area contributed by atoms with E-state index in [9.17, 15) is 13.2 Å². The number of carboxylic acid groups (broad SMARTS) is 1. The first kappa shape index (κ1) is 14.5. The summed E-state index contributed by atoms with van der Waals surface area (Å²) in [4.78, 5) is 11.1. The number of methoxy groups -OCH3 is 1. The molecule has 0 aliphatic carbocycles. The second-order valence-corrected chi connectivity index (χ2v) is 6.29. The van der Waals surface area contributed by atoms with Crippen LogP contribution in [0.4, 0.5) is 0 Å². The van der Waals surface area contributed by atoms with E-state index in [4.69, 9.17) is 9.84 Å².